The van der Waals surface area contributed by atoms with Crippen molar-refractivity contribution >= 4 is 23.4 Å². The zero-order valence-corrected chi connectivity index (χ0v) is 15.6. The summed E-state index contributed by atoms with van der Waals surface area (Å²) in [5.41, 5.74) is 3.26. The number of aryl methyl sites for hydroxylation is 1. The molecule has 8 heteroatoms. The first kappa shape index (κ1) is 18.5. The Morgan fingerprint density at radius 1 is 1.31 bits per heavy atom. The highest BCUT2D eigenvalue weighted by Crippen LogP contribution is 2.27. The molecule has 26 heavy (non-hydrogen) atoms. The normalized spacial score (nSPS) is 17.0. The van der Waals surface area contributed by atoms with E-state index >= 15 is 0 Å². The monoisotopic (exact) mass is 374 g/mol. The fourth-order valence-corrected chi connectivity index (χ4v) is 3.12. The van der Waals surface area contributed by atoms with Gasteiger partial charge in [0.05, 0.1) is 24.0 Å². The third-order valence-corrected chi connectivity index (χ3v) is 4.53. The van der Waals surface area contributed by atoms with Crippen LogP contribution in [0, 0.1) is 5.92 Å². The van der Waals surface area contributed by atoms with Gasteiger partial charge < -0.3 is 10.1 Å². The van der Waals surface area contributed by atoms with Crippen molar-refractivity contribution in [3.8, 4) is 17.1 Å². The summed E-state index contributed by atoms with van der Waals surface area (Å²) in [6.07, 6.45) is 9.55. The van der Waals surface area contributed by atoms with Gasteiger partial charge in [-0.1, -0.05) is 0 Å². The van der Waals surface area contributed by atoms with Crippen molar-refractivity contribution in [2.75, 3.05) is 19.7 Å². The molecule has 1 aliphatic rings. The topological polar surface area (TPSA) is 77.8 Å². The van der Waals surface area contributed by atoms with E-state index in [1.165, 1.54) is 12.8 Å². The molecule has 7 nitrogen and oxygen atoms in total. The van der Waals surface area contributed by atoms with Crippen LogP contribution in [0.5, 0.6) is 5.88 Å². The number of fused-ring (bicyclic) bond motifs is 1. The van der Waals surface area contributed by atoms with Gasteiger partial charge in [-0.25, -0.2) is 9.97 Å². The van der Waals surface area contributed by atoms with Gasteiger partial charge in [0.1, 0.15) is 0 Å². The van der Waals surface area contributed by atoms with Crippen LogP contribution < -0.4 is 10.1 Å². The van der Waals surface area contributed by atoms with Crippen molar-refractivity contribution in [2.45, 2.75) is 26.3 Å². The summed E-state index contributed by atoms with van der Waals surface area (Å²) in [5, 5.41) is 7.75. The average Bonchev–Trinajstić information content (AvgIpc) is 3.16. The van der Waals surface area contributed by atoms with Crippen LogP contribution in [0.1, 0.15) is 19.8 Å². The number of piperidine rings is 1. The van der Waals surface area contributed by atoms with Gasteiger partial charge in [0.25, 0.3) is 0 Å². The van der Waals surface area contributed by atoms with E-state index in [9.17, 15) is 0 Å². The van der Waals surface area contributed by atoms with E-state index in [0.29, 0.717) is 23.9 Å². The van der Waals surface area contributed by atoms with Crippen molar-refractivity contribution in [2.24, 2.45) is 5.92 Å². The molecular weight excluding hydrogens is 352 g/mol. The van der Waals surface area contributed by atoms with E-state index < -0.39 is 0 Å². The Balaban J connectivity index is 0.00000196. The molecule has 1 saturated heterocycles. The molecule has 4 rings (SSSR count). The summed E-state index contributed by atoms with van der Waals surface area (Å²) in [5.74, 6) is 1.06. The predicted octanol–water partition coefficient (Wildman–Crippen LogP) is 2.71. The molecule has 0 radical (unpaired) electrons. The van der Waals surface area contributed by atoms with Crippen molar-refractivity contribution in [3.05, 3.63) is 30.9 Å². The molecule has 0 aromatic carbocycles. The maximum Gasteiger partial charge on any atom is 0.242 e. The minimum Gasteiger partial charge on any atom is -0.476 e. The largest absolute Gasteiger partial charge is 0.476 e. The van der Waals surface area contributed by atoms with E-state index in [0.717, 1.165) is 36.4 Å². The Bertz CT molecular complexity index is 862. The molecule has 1 fully saturated rings. The average molecular weight is 375 g/mol. The molecule has 1 aliphatic heterocycles. The highest BCUT2D eigenvalue weighted by atomic mass is 35.5. The van der Waals surface area contributed by atoms with Gasteiger partial charge in [-0.3, -0.25) is 9.67 Å². The molecule has 0 bridgehead atoms. The summed E-state index contributed by atoms with van der Waals surface area (Å²) in [4.78, 5) is 13.5. The number of hydrogen-bond donors (Lipinski definition) is 1. The van der Waals surface area contributed by atoms with Gasteiger partial charge in [-0.2, -0.15) is 5.10 Å². The highest BCUT2D eigenvalue weighted by Gasteiger charge is 2.17. The summed E-state index contributed by atoms with van der Waals surface area (Å²) in [7, 11) is 0. The fraction of sp³-hybridized carbons (Fsp3) is 0.444. The number of pyridine rings is 1. The lowest BCUT2D eigenvalue weighted by Crippen LogP contribution is -2.33. The van der Waals surface area contributed by atoms with Crippen molar-refractivity contribution < 1.29 is 4.74 Å². The predicted molar refractivity (Wildman–Crippen MR) is 103 cm³/mol. The molecule has 1 N–H and O–H groups in total. The maximum absolute atomic E-state index is 6.07. The van der Waals surface area contributed by atoms with Crippen molar-refractivity contribution in [1.82, 2.24) is 30.0 Å². The third kappa shape index (κ3) is 3.94. The molecule has 0 spiro atoms. The molecule has 0 aliphatic carbocycles. The van der Waals surface area contributed by atoms with E-state index in [4.69, 9.17) is 9.72 Å². The van der Waals surface area contributed by atoms with Gasteiger partial charge >= 0.3 is 0 Å². The SMILES string of the molecule is CCn1cc(-c2cc3nccnc3c(OC[C@H]3CCCNC3)n2)cn1.Cl. The summed E-state index contributed by atoms with van der Waals surface area (Å²) < 4.78 is 7.95. The van der Waals surface area contributed by atoms with Crippen LogP contribution in [0.2, 0.25) is 0 Å². The van der Waals surface area contributed by atoms with Crippen LogP contribution in [0.15, 0.2) is 30.9 Å². The minimum atomic E-state index is 0. The summed E-state index contributed by atoms with van der Waals surface area (Å²) in [6, 6.07) is 1.94. The lowest BCUT2D eigenvalue weighted by molar-refractivity contribution is 0.214. The second kappa shape index (κ2) is 8.42. The summed E-state index contributed by atoms with van der Waals surface area (Å²) >= 11 is 0. The first-order chi connectivity index (χ1) is 12.3. The smallest absolute Gasteiger partial charge is 0.242 e. The van der Waals surface area contributed by atoms with Crippen molar-refractivity contribution in [1.29, 1.82) is 0 Å². The number of nitrogens with one attached hydrogen (secondary N) is 1. The molecule has 4 heterocycles. The molecule has 3 aromatic heterocycles. The maximum atomic E-state index is 6.07. The number of nitrogens with zero attached hydrogens (tertiary/aromatic N) is 5. The molecule has 138 valence electrons. The molecule has 3 aromatic rings. The van der Waals surface area contributed by atoms with E-state index in [-0.39, 0.29) is 12.4 Å². The minimum absolute atomic E-state index is 0. The zero-order valence-electron chi connectivity index (χ0n) is 14.8. The van der Waals surface area contributed by atoms with E-state index in [2.05, 4.69) is 27.3 Å². The Morgan fingerprint density at radius 3 is 2.96 bits per heavy atom. The number of ether oxygens (including phenoxy) is 1. The number of hydrogen-bond acceptors (Lipinski definition) is 6. The first-order valence-electron chi connectivity index (χ1n) is 8.81. The fourth-order valence-electron chi connectivity index (χ4n) is 3.12. The second-order valence-corrected chi connectivity index (χ2v) is 6.34. The van der Waals surface area contributed by atoms with Gasteiger partial charge in [0.15, 0.2) is 5.52 Å². The number of halogens is 1. The Morgan fingerprint density at radius 2 is 2.19 bits per heavy atom. The Hall–Kier alpha value is -2.25. The molecule has 0 amide bonds. The standard InChI is InChI=1S/C18H22N6O.ClH/c1-2-24-11-14(10-22-24)15-8-16-17(21-7-6-20-16)18(23-15)25-12-13-4-3-5-19-9-13;/h6-8,10-11,13,19H,2-5,9,12H2,1H3;1H/t13-;/m0./s1. The first-order valence-corrected chi connectivity index (χ1v) is 8.81. The third-order valence-electron chi connectivity index (χ3n) is 4.53. The quantitative estimate of drug-likeness (QED) is 0.739. The van der Waals surface area contributed by atoms with Crippen LogP contribution >= 0.6 is 12.4 Å². The number of rotatable bonds is 5. The highest BCUT2D eigenvalue weighted by molar-refractivity contribution is 5.85. The van der Waals surface area contributed by atoms with Crippen LogP contribution in [-0.2, 0) is 6.54 Å². The van der Waals surface area contributed by atoms with Crippen LogP contribution in [0.25, 0.3) is 22.3 Å². The number of aromatic nitrogens is 5. The molecule has 1 atom stereocenters. The lowest BCUT2D eigenvalue weighted by Gasteiger charge is -2.22. The van der Waals surface area contributed by atoms with Crippen molar-refractivity contribution in [3.63, 3.8) is 0 Å². The molecular formula is C18H23ClN6O. The van der Waals surface area contributed by atoms with Gasteiger partial charge in [0, 0.05) is 43.2 Å². The zero-order chi connectivity index (χ0) is 17.1. The lowest BCUT2D eigenvalue weighted by atomic mass is 10.0. The Kier molecular flexibility index (Phi) is 6.00. The van der Waals surface area contributed by atoms with Gasteiger partial charge in [-0.05, 0) is 32.4 Å². The van der Waals surface area contributed by atoms with Gasteiger partial charge in [0.2, 0.25) is 5.88 Å². The Labute approximate surface area is 158 Å². The summed E-state index contributed by atoms with van der Waals surface area (Å²) in [6.45, 7) is 5.62. The van der Waals surface area contributed by atoms with E-state index in [1.54, 1.807) is 12.4 Å². The van der Waals surface area contributed by atoms with Crippen LogP contribution in [0.4, 0.5) is 0 Å². The van der Waals surface area contributed by atoms with E-state index in [1.807, 2.05) is 23.1 Å². The molecule has 0 saturated carbocycles. The van der Waals surface area contributed by atoms with Crippen LogP contribution in [0.3, 0.4) is 0 Å². The second-order valence-electron chi connectivity index (χ2n) is 6.34. The van der Waals surface area contributed by atoms with Gasteiger partial charge in [-0.15, -0.1) is 12.4 Å². The van der Waals surface area contributed by atoms with Crippen LogP contribution in [-0.4, -0.2) is 44.4 Å². The molecule has 0 unspecified atom stereocenters.